The van der Waals surface area contributed by atoms with Crippen molar-refractivity contribution in [3.05, 3.63) is 24.4 Å². The largest absolute Gasteiger partial charge is 0.363 e. The lowest BCUT2D eigenvalue weighted by Crippen LogP contribution is -2.09. The van der Waals surface area contributed by atoms with Crippen LogP contribution in [0.25, 0.3) is 0 Å². The van der Waals surface area contributed by atoms with Crippen LogP contribution in [0.15, 0.2) is 24.4 Å². The molecule has 0 fully saturated rings. The molecule has 56 valence electrons. The van der Waals surface area contributed by atoms with Gasteiger partial charge in [-0.2, -0.15) is 0 Å². The van der Waals surface area contributed by atoms with Crippen LogP contribution in [0.2, 0.25) is 0 Å². The molecule has 0 saturated heterocycles. The molecule has 0 aliphatic rings. The molecule has 0 bridgehead atoms. The molecule has 0 unspecified atom stereocenters. The van der Waals surface area contributed by atoms with E-state index in [4.69, 9.17) is 0 Å². The van der Waals surface area contributed by atoms with E-state index in [0.29, 0.717) is 0 Å². The van der Waals surface area contributed by atoms with Gasteiger partial charge in [0, 0.05) is 20.3 Å². The molecule has 3 heteroatoms. The first-order valence-corrected chi connectivity index (χ1v) is 2.89. The number of aromatic nitrogens is 1. The number of halogens is 1. The molecular formula is C7H11BrN2. The first-order valence-electron chi connectivity index (χ1n) is 2.89. The lowest BCUT2D eigenvalue weighted by molar-refractivity contribution is 1.07. The van der Waals surface area contributed by atoms with Crippen LogP contribution in [-0.2, 0) is 0 Å². The fourth-order valence-electron chi connectivity index (χ4n) is 0.618. The van der Waals surface area contributed by atoms with E-state index in [1.165, 1.54) is 0 Å². The predicted octanol–water partition coefficient (Wildman–Crippen LogP) is 1.73. The molecule has 0 radical (unpaired) electrons. The summed E-state index contributed by atoms with van der Waals surface area (Å²) in [6, 6.07) is 5.86. The summed E-state index contributed by atoms with van der Waals surface area (Å²) in [5.41, 5.74) is 0. The van der Waals surface area contributed by atoms with E-state index in [2.05, 4.69) is 4.98 Å². The van der Waals surface area contributed by atoms with E-state index in [1.54, 1.807) is 6.20 Å². The van der Waals surface area contributed by atoms with Crippen molar-refractivity contribution in [2.24, 2.45) is 0 Å². The number of nitrogens with zero attached hydrogens (tertiary/aromatic N) is 2. The van der Waals surface area contributed by atoms with Gasteiger partial charge < -0.3 is 4.90 Å². The van der Waals surface area contributed by atoms with Crippen molar-refractivity contribution in [3.63, 3.8) is 0 Å². The minimum atomic E-state index is 0. The lowest BCUT2D eigenvalue weighted by atomic mass is 10.4. The summed E-state index contributed by atoms with van der Waals surface area (Å²) < 4.78 is 0. The molecule has 0 aliphatic heterocycles. The summed E-state index contributed by atoms with van der Waals surface area (Å²) in [5, 5.41) is 0. The fraction of sp³-hybridized carbons (Fsp3) is 0.286. The van der Waals surface area contributed by atoms with Gasteiger partial charge in [-0.25, -0.2) is 4.98 Å². The Kier molecular flexibility index (Phi) is 4.03. The van der Waals surface area contributed by atoms with Crippen molar-refractivity contribution >= 4 is 22.8 Å². The SMILES string of the molecule is Br.CN(C)c1ccccn1. The number of anilines is 1. The molecule has 0 N–H and O–H groups in total. The molecule has 0 saturated carbocycles. The standard InChI is InChI=1S/C7H10N2.BrH/c1-9(2)7-5-3-4-6-8-7;/h3-6H,1-2H3;1H. The highest BCUT2D eigenvalue weighted by Crippen LogP contribution is 2.02. The second-order valence-corrected chi connectivity index (χ2v) is 2.08. The van der Waals surface area contributed by atoms with E-state index >= 15 is 0 Å². The van der Waals surface area contributed by atoms with Gasteiger partial charge in [0.05, 0.1) is 0 Å². The molecule has 0 aliphatic carbocycles. The average Bonchev–Trinajstić information content (AvgIpc) is 1.90. The quantitative estimate of drug-likeness (QED) is 0.690. The van der Waals surface area contributed by atoms with Crippen LogP contribution < -0.4 is 4.90 Å². The third-order valence-corrected chi connectivity index (χ3v) is 1.11. The Balaban J connectivity index is 0.000000810. The molecule has 0 aromatic carbocycles. The zero-order chi connectivity index (χ0) is 6.69. The minimum Gasteiger partial charge on any atom is -0.363 e. The first-order chi connectivity index (χ1) is 4.30. The van der Waals surface area contributed by atoms with Gasteiger partial charge in [-0.15, -0.1) is 17.0 Å². The Bertz CT molecular complexity index is 174. The van der Waals surface area contributed by atoms with Crippen molar-refractivity contribution < 1.29 is 0 Å². The van der Waals surface area contributed by atoms with Crippen LogP contribution in [0.5, 0.6) is 0 Å². The summed E-state index contributed by atoms with van der Waals surface area (Å²) in [6.07, 6.45) is 1.79. The molecule has 1 aromatic rings. The van der Waals surface area contributed by atoms with Crippen LogP contribution in [0.3, 0.4) is 0 Å². The Morgan fingerprint density at radius 3 is 2.30 bits per heavy atom. The molecule has 2 nitrogen and oxygen atoms in total. The van der Waals surface area contributed by atoms with E-state index in [1.807, 2.05) is 37.2 Å². The fourth-order valence-corrected chi connectivity index (χ4v) is 0.618. The van der Waals surface area contributed by atoms with Crippen LogP contribution in [0, 0.1) is 0 Å². The monoisotopic (exact) mass is 202 g/mol. The normalized spacial score (nSPS) is 8.20. The topological polar surface area (TPSA) is 16.1 Å². The van der Waals surface area contributed by atoms with Gasteiger partial charge in [-0.1, -0.05) is 6.07 Å². The van der Waals surface area contributed by atoms with Gasteiger partial charge in [0.15, 0.2) is 0 Å². The maximum atomic E-state index is 4.10. The third kappa shape index (κ3) is 2.35. The van der Waals surface area contributed by atoms with Crippen LogP contribution >= 0.6 is 17.0 Å². The zero-order valence-electron chi connectivity index (χ0n) is 6.11. The van der Waals surface area contributed by atoms with Gasteiger partial charge in [-0.3, -0.25) is 0 Å². The second-order valence-electron chi connectivity index (χ2n) is 2.08. The maximum Gasteiger partial charge on any atom is 0.127 e. The van der Waals surface area contributed by atoms with Gasteiger partial charge in [-0.05, 0) is 12.1 Å². The van der Waals surface area contributed by atoms with E-state index in [0.717, 1.165) is 5.82 Å². The summed E-state index contributed by atoms with van der Waals surface area (Å²) >= 11 is 0. The highest BCUT2D eigenvalue weighted by Gasteiger charge is 1.89. The molecule has 1 rings (SSSR count). The van der Waals surface area contributed by atoms with Crippen molar-refractivity contribution in [1.29, 1.82) is 0 Å². The molecular weight excluding hydrogens is 192 g/mol. The van der Waals surface area contributed by atoms with Gasteiger partial charge in [0.2, 0.25) is 0 Å². The lowest BCUT2D eigenvalue weighted by Gasteiger charge is -2.08. The van der Waals surface area contributed by atoms with Gasteiger partial charge in [0.1, 0.15) is 5.82 Å². The van der Waals surface area contributed by atoms with Crippen LogP contribution in [0.4, 0.5) is 5.82 Å². The molecule has 10 heavy (non-hydrogen) atoms. The average molecular weight is 203 g/mol. The van der Waals surface area contributed by atoms with E-state index in [-0.39, 0.29) is 17.0 Å². The number of hydrogen-bond donors (Lipinski definition) is 0. The summed E-state index contributed by atoms with van der Waals surface area (Å²) in [6.45, 7) is 0. The molecule has 0 amide bonds. The number of pyridine rings is 1. The highest BCUT2D eigenvalue weighted by atomic mass is 79.9. The maximum absolute atomic E-state index is 4.10. The smallest absolute Gasteiger partial charge is 0.127 e. The summed E-state index contributed by atoms with van der Waals surface area (Å²) in [4.78, 5) is 6.08. The molecule has 0 atom stereocenters. The molecule has 1 heterocycles. The molecule has 0 spiro atoms. The van der Waals surface area contributed by atoms with Crippen LogP contribution in [0.1, 0.15) is 0 Å². The summed E-state index contributed by atoms with van der Waals surface area (Å²) in [5.74, 6) is 0.998. The van der Waals surface area contributed by atoms with Crippen molar-refractivity contribution in [2.75, 3.05) is 19.0 Å². The Morgan fingerprint density at radius 1 is 1.30 bits per heavy atom. The Morgan fingerprint density at radius 2 is 2.00 bits per heavy atom. The Hall–Kier alpha value is -0.570. The van der Waals surface area contributed by atoms with Gasteiger partial charge >= 0.3 is 0 Å². The minimum absolute atomic E-state index is 0. The number of rotatable bonds is 1. The number of hydrogen-bond acceptors (Lipinski definition) is 2. The molecule has 1 aromatic heterocycles. The third-order valence-electron chi connectivity index (χ3n) is 1.11. The van der Waals surface area contributed by atoms with Crippen molar-refractivity contribution in [2.45, 2.75) is 0 Å². The highest BCUT2D eigenvalue weighted by molar-refractivity contribution is 8.93. The Labute approximate surface area is 71.7 Å². The predicted molar refractivity (Wildman–Crippen MR) is 48.9 cm³/mol. The van der Waals surface area contributed by atoms with Gasteiger partial charge in [0.25, 0.3) is 0 Å². The second kappa shape index (κ2) is 4.28. The van der Waals surface area contributed by atoms with Crippen LogP contribution in [-0.4, -0.2) is 19.1 Å². The van der Waals surface area contributed by atoms with Crippen molar-refractivity contribution in [1.82, 2.24) is 4.98 Å². The summed E-state index contributed by atoms with van der Waals surface area (Å²) in [7, 11) is 3.95. The zero-order valence-corrected chi connectivity index (χ0v) is 7.83. The van der Waals surface area contributed by atoms with E-state index in [9.17, 15) is 0 Å². The first kappa shape index (κ1) is 9.43. The van der Waals surface area contributed by atoms with Crippen molar-refractivity contribution in [3.8, 4) is 0 Å². The van der Waals surface area contributed by atoms with E-state index < -0.39 is 0 Å².